The summed E-state index contributed by atoms with van der Waals surface area (Å²) in [5.74, 6) is -0.0249. The van der Waals surface area contributed by atoms with Gasteiger partial charge < -0.3 is 0 Å². The van der Waals surface area contributed by atoms with Gasteiger partial charge in [-0.25, -0.2) is 4.98 Å². The first-order valence-corrected chi connectivity index (χ1v) is 6.74. The number of ketones is 1. The Labute approximate surface area is 123 Å². The fraction of sp³-hybridized carbons (Fsp3) is 0.0556. The number of nitrogens with zero attached hydrogens (tertiary/aromatic N) is 2. The summed E-state index contributed by atoms with van der Waals surface area (Å²) in [5.41, 5.74) is 4.03. The van der Waals surface area contributed by atoms with E-state index in [4.69, 9.17) is 0 Å². The molecule has 3 nitrogen and oxygen atoms in total. The Bertz CT molecular complexity index is 837. The van der Waals surface area contributed by atoms with Crippen LogP contribution < -0.4 is 0 Å². The lowest BCUT2D eigenvalue weighted by atomic mass is 10.0. The molecule has 3 rings (SSSR count). The van der Waals surface area contributed by atoms with Crippen molar-refractivity contribution in [3.63, 3.8) is 0 Å². The van der Waals surface area contributed by atoms with E-state index in [1.807, 2.05) is 55.5 Å². The Morgan fingerprint density at radius 2 is 1.71 bits per heavy atom. The number of hydrogen-bond donors (Lipinski definition) is 0. The van der Waals surface area contributed by atoms with Crippen molar-refractivity contribution >= 4 is 22.9 Å². The van der Waals surface area contributed by atoms with Gasteiger partial charge in [-0.05, 0) is 36.8 Å². The van der Waals surface area contributed by atoms with Crippen LogP contribution in [0.15, 0.2) is 60.8 Å². The predicted molar refractivity (Wildman–Crippen MR) is 84.1 cm³/mol. The van der Waals surface area contributed by atoms with Crippen molar-refractivity contribution in [3.05, 3.63) is 77.6 Å². The van der Waals surface area contributed by atoms with E-state index in [1.165, 1.54) is 0 Å². The van der Waals surface area contributed by atoms with Gasteiger partial charge >= 0.3 is 0 Å². The number of carbonyl (C=O) groups is 1. The molecule has 0 atom stereocenters. The van der Waals surface area contributed by atoms with E-state index < -0.39 is 0 Å². The minimum absolute atomic E-state index is 0.0249. The van der Waals surface area contributed by atoms with Crippen molar-refractivity contribution < 1.29 is 4.79 Å². The molecule has 1 aromatic heterocycles. The lowest BCUT2D eigenvalue weighted by molar-refractivity contribution is 0.104. The number of benzene rings is 2. The normalized spacial score (nSPS) is 11.1. The minimum atomic E-state index is -0.0249. The molecule has 0 aliphatic carbocycles. The van der Waals surface area contributed by atoms with E-state index in [1.54, 1.807) is 18.3 Å². The third kappa shape index (κ3) is 2.87. The summed E-state index contributed by atoms with van der Waals surface area (Å²) in [5, 5.41) is 0. The molecule has 0 amide bonds. The van der Waals surface area contributed by atoms with Crippen molar-refractivity contribution in [2.75, 3.05) is 0 Å². The monoisotopic (exact) mass is 274 g/mol. The van der Waals surface area contributed by atoms with E-state index in [2.05, 4.69) is 9.97 Å². The summed E-state index contributed by atoms with van der Waals surface area (Å²) in [6.07, 6.45) is 4.92. The van der Waals surface area contributed by atoms with Crippen LogP contribution in [0.25, 0.3) is 17.1 Å². The fourth-order valence-corrected chi connectivity index (χ4v) is 2.15. The number of para-hydroxylation sites is 2. The molecule has 1 heterocycles. The number of carbonyl (C=O) groups excluding carboxylic acids is 1. The first-order valence-electron chi connectivity index (χ1n) is 6.74. The lowest BCUT2D eigenvalue weighted by Gasteiger charge is -2.00. The number of allylic oxidation sites excluding steroid dienone is 1. The van der Waals surface area contributed by atoms with Crippen molar-refractivity contribution in [3.8, 4) is 0 Å². The molecule has 3 aromatic rings. The summed E-state index contributed by atoms with van der Waals surface area (Å²) in [7, 11) is 0. The van der Waals surface area contributed by atoms with Crippen molar-refractivity contribution in [2.45, 2.75) is 6.92 Å². The van der Waals surface area contributed by atoms with Crippen LogP contribution in [0, 0.1) is 6.92 Å². The van der Waals surface area contributed by atoms with Crippen LogP contribution in [0.5, 0.6) is 0 Å². The molecule has 21 heavy (non-hydrogen) atoms. The summed E-state index contributed by atoms with van der Waals surface area (Å²) in [6, 6.07) is 15.2. The van der Waals surface area contributed by atoms with Gasteiger partial charge in [0.1, 0.15) is 0 Å². The maximum atomic E-state index is 12.2. The SMILES string of the molecule is Cc1ccccc1C(=O)/C=C/c1cnc2ccccc2n1. The largest absolute Gasteiger partial charge is 0.289 e. The molecule has 102 valence electrons. The molecule has 0 saturated heterocycles. The second kappa shape index (κ2) is 5.67. The van der Waals surface area contributed by atoms with Gasteiger partial charge in [0, 0.05) is 5.56 Å². The van der Waals surface area contributed by atoms with Gasteiger partial charge in [-0.2, -0.15) is 0 Å². The van der Waals surface area contributed by atoms with Crippen LogP contribution in [0.4, 0.5) is 0 Å². The Hall–Kier alpha value is -2.81. The quantitative estimate of drug-likeness (QED) is 0.538. The van der Waals surface area contributed by atoms with Crippen LogP contribution >= 0.6 is 0 Å². The van der Waals surface area contributed by atoms with E-state index in [0.717, 1.165) is 16.6 Å². The highest BCUT2D eigenvalue weighted by Gasteiger charge is 2.04. The van der Waals surface area contributed by atoms with Gasteiger partial charge in [-0.3, -0.25) is 9.78 Å². The zero-order valence-electron chi connectivity index (χ0n) is 11.7. The van der Waals surface area contributed by atoms with Crippen LogP contribution in [0.2, 0.25) is 0 Å². The van der Waals surface area contributed by atoms with Crippen molar-refractivity contribution in [2.24, 2.45) is 0 Å². The molecule has 0 saturated carbocycles. The zero-order valence-corrected chi connectivity index (χ0v) is 11.7. The van der Waals surface area contributed by atoms with Crippen LogP contribution in [0.3, 0.4) is 0 Å². The molecule has 0 unspecified atom stereocenters. The molecule has 0 radical (unpaired) electrons. The Morgan fingerprint density at radius 3 is 2.52 bits per heavy atom. The van der Waals surface area contributed by atoms with E-state index in [9.17, 15) is 4.79 Å². The predicted octanol–water partition coefficient (Wildman–Crippen LogP) is 3.83. The molecule has 3 heteroatoms. The Balaban J connectivity index is 1.87. The van der Waals surface area contributed by atoms with E-state index in [-0.39, 0.29) is 5.78 Å². The fourth-order valence-electron chi connectivity index (χ4n) is 2.15. The molecule has 0 spiro atoms. The first kappa shape index (κ1) is 13.2. The second-order valence-electron chi connectivity index (χ2n) is 4.80. The number of hydrogen-bond acceptors (Lipinski definition) is 3. The molecule has 2 aromatic carbocycles. The first-order chi connectivity index (χ1) is 10.2. The highest BCUT2D eigenvalue weighted by atomic mass is 16.1. The minimum Gasteiger partial charge on any atom is -0.289 e. The number of fused-ring (bicyclic) bond motifs is 1. The summed E-state index contributed by atoms with van der Waals surface area (Å²) < 4.78 is 0. The molecular formula is C18H14N2O. The molecule has 0 aliphatic heterocycles. The summed E-state index contributed by atoms with van der Waals surface area (Å²) in [6.45, 7) is 1.93. The maximum Gasteiger partial charge on any atom is 0.186 e. The smallest absolute Gasteiger partial charge is 0.186 e. The average Bonchev–Trinajstić information content (AvgIpc) is 2.53. The van der Waals surface area contributed by atoms with Crippen LogP contribution in [-0.4, -0.2) is 15.8 Å². The number of aromatic nitrogens is 2. The van der Waals surface area contributed by atoms with Gasteiger partial charge in [0.15, 0.2) is 5.78 Å². The van der Waals surface area contributed by atoms with Gasteiger partial charge in [-0.15, -0.1) is 0 Å². The zero-order chi connectivity index (χ0) is 14.7. The standard InChI is InChI=1S/C18H14N2O/c1-13-6-2-3-7-15(13)18(21)11-10-14-12-19-16-8-4-5-9-17(16)20-14/h2-12H,1H3/b11-10+. The highest BCUT2D eigenvalue weighted by molar-refractivity contribution is 6.07. The number of rotatable bonds is 3. The summed E-state index contributed by atoms with van der Waals surface area (Å²) >= 11 is 0. The van der Waals surface area contributed by atoms with Crippen molar-refractivity contribution in [1.29, 1.82) is 0 Å². The maximum absolute atomic E-state index is 12.2. The van der Waals surface area contributed by atoms with E-state index in [0.29, 0.717) is 11.3 Å². The molecule has 0 N–H and O–H groups in total. The topological polar surface area (TPSA) is 42.9 Å². The molecule has 0 aliphatic rings. The second-order valence-corrected chi connectivity index (χ2v) is 4.80. The average molecular weight is 274 g/mol. The van der Waals surface area contributed by atoms with Gasteiger partial charge in [0.25, 0.3) is 0 Å². The highest BCUT2D eigenvalue weighted by Crippen LogP contribution is 2.11. The number of aryl methyl sites for hydroxylation is 1. The Morgan fingerprint density at radius 1 is 1.00 bits per heavy atom. The van der Waals surface area contributed by atoms with Crippen LogP contribution in [0.1, 0.15) is 21.6 Å². The van der Waals surface area contributed by atoms with Crippen molar-refractivity contribution in [1.82, 2.24) is 9.97 Å². The van der Waals surface area contributed by atoms with Gasteiger partial charge in [0.05, 0.1) is 22.9 Å². The Kier molecular flexibility index (Phi) is 3.56. The lowest BCUT2D eigenvalue weighted by Crippen LogP contribution is -1.97. The van der Waals surface area contributed by atoms with Gasteiger partial charge in [0.2, 0.25) is 0 Å². The molecule has 0 fully saturated rings. The van der Waals surface area contributed by atoms with Gasteiger partial charge in [-0.1, -0.05) is 36.4 Å². The molecular weight excluding hydrogens is 260 g/mol. The molecule has 0 bridgehead atoms. The van der Waals surface area contributed by atoms with Crippen LogP contribution in [-0.2, 0) is 0 Å². The summed E-state index contributed by atoms with van der Waals surface area (Å²) in [4.78, 5) is 21.0. The third-order valence-corrected chi connectivity index (χ3v) is 3.28. The van der Waals surface area contributed by atoms with E-state index >= 15 is 0 Å². The third-order valence-electron chi connectivity index (χ3n) is 3.28.